The molecule has 1 amide bonds. The van der Waals surface area contributed by atoms with E-state index in [4.69, 9.17) is 0 Å². The van der Waals surface area contributed by atoms with Crippen molar-refractivity contribution in [2.45, 2.75) is 44.9 Å². The number of carbonyl (C=O) groups excluding carboxylic acids is 1. The Labute approximate surface area is 155 Å². The van der Waals surface area contributed by atoms with Crippen LogP contribution in [0.3, 0.4) is 0 Å². The molecule has 1 N–H and O–H groups in total. The number of aliphatic hydroxyl groups is 1. The van der Waals surface area contributed by atoms with Gasteiger partial charge in [0.2, 0.25) is 5.91 Å². The van der Waals surface area contributed by atoms with Crippen LogP contribution in [0.1, 0.15) is 50.5 Å². The molecule has 1 spiro atoms. The summed E-state index contributed by atoms with van der Waals surface area (Å²) in [7, 11) is 1.98. The average Bonchev–Trinajstić information content (AvgIpc) is 3.01. The van der Waals surface area contributed by atoms with Gasteiger partial charge in [0.05, 0.1) is 24.2 Å². The Morgan fingerprint density at radius 2 is 2.08 bits per heavy atom. The molecule has 0 bridgehead atoms. The van der Waals surface area contributed by atoms with Crippen LogP contribution < -0.4 is 0 Å². The topological polar surface area (TPSA) is 58.4 Å². The van der Waals surface area contributed by atoms with E-state index in [1.54, 1.807) is 0 Å². The summed E-state index contributed by atoms with van der Waals surface area (Å²) in [6, 6.07) is 6.75. The Hall–Kier alpha value is -1.88. The van der Waals surface area contributed by atoms with Gasteiger partial charge >= 0.3 is 0 Å². The number of hydrogen-bond acceptors (Lipinski definition) is 3. The second kappa shape index (κ2) is 6.69. The number of nitrogens with zero attached hydrogens (tertiary/aromatic N) is 3. The molecule has 0 radical (unpaired) electrons. The van der Waals surface area contributed by atoms with E-state index in [1.165, 1.54) is 42.1 Å². The van der Waals surface area contributed by atoms with Gasteiger partial charge < -0.3 is 10.0 Å². The molecule has 1 aliphatic heterocycles. The van der Waals surface area contributed by atoms with E-state index in [-0.39, 0.29) is 18.4 Å². The zero-order valence-electron chi connectivity index (χ0n) is 15.8. The molecule has 0 unspecified atom stereocenters. The highest BCUT2D eigenvalue weighted by atomic mass is 16.3. The third-order valence-electron chi connectivity index (χ3n) is 6.71. The highest BCUT2D eigenvalue weighted by molar-refractivity contribution is 5.80. The number of aromatic nitrogens is 2. The van der Waals surface area contributed by atoms with Crippen molar-refractivity contribution in [3.63, 3.8) is 0 Å². The second-order valence-electron chi connectivity index (χ2n) is 8.34. The number of benzene rings is 1. The average molecular weight is 355 g/mol. The molecule has 1 aliphatic carbocycles. The van der Waals surface area contributed by atoms with Crippen LogP contribution in [0.25, 0.3) is 10.9 Å². The fourth-order valence-electron chi connectivity index (χ4n) is 4.88. The Morgan fingerprint density at radius 3 is 2.73 bits per heavy atom. The van der Waals surface area contributed by atoms with Crippen molar-refractivity contribution in [1.82, 2.24) is 14.7 Å². The molecule has 1 saturated carbocycles. The van der Waals surface area contributed by atoms with Crippen LogP contribution in [-0.4, -0.2) is 45.4 Å². The lowest BCUT2D eigenvalue weighted by Crippen LogP contribution is -2.60. The summed E-state index contributed by atoms with van der Waals surface area (Å²) in [5.74, 6) is 0.551. The number of carbonyl (C=O) groups is 1. The van der Waals surface area contributed by atoms with E-state index in [9.17, 15) is 9.90 Å². The zero-order chi connectivity index (χ0) is 18.3. The van der Waals surface area contributed by atoms with Crippen LogP contribution in [0.15, 0.2) is 24.4 Å². The normalized spacial score (nSPS) is 21.1. The predicted octanol–water partition coefficient (Wildman–Crippen LogP) is 3.08. The Kier molecular flexibility index (Phi) is 4.51. The minimum Gasteiger partial charge on any atom is -0.396 e. The predicted molar refractivity (Wildman–Crippen MR) is 102 cm³/mol. The van der Waals surface area contributed by atoms with Gasteiger partial charge in [0.1, 0.15) is 0 Å². The molecule has 5 nitrogen and oxygen atoms in total. The summed E-state index contributed by atoms with van der Waals surface area (Å²) >= 11 is 0. The van der Waals surface area contributed by atoms with Crippen molar-refractivity contribution in [3.05, 3.63) is 30.0 Å². The minimum absolute atomic E-state index is 0.0300. The van der Waals surface area contributed by atoms with Crippen LogP contribution in [-0.2, 0) is 11.8 Å². The monoisotopic (exact) mass is 355 g/mol. The van der Waals surface area contributed by atoms with Crippen LogP contribution in [0, 0.1) is 11.3 Å². The minimum atomic E-state index is -0.213. The quantitative estimate of drug-likeness (QED) is 0.917. The molecule has 2 aromatic rings. The number of amides is 1. The van der Waals surface area contributed by atoms with E-state index in [2.05, 4.69) is 23.3 Å². The van der Waals surface area contributed by atoms with Crippen LogP contribution in [0.4, 0.5) is 0 Å². The SMILES string of the molecule is CC[C@H](CO)C(=O)N1CC2(CCC(c3ccc4c(cnn4C)c3)CC2)C1. The van der Waals surface area contributed by atoms with E-state index in [0.717, 1.165) is 19.5 Å². The number of rotatable bonds is 4. The van der Waals surface area contributed by atoms with Crippen LogP contribution in [0.2, 0.25) is 0 Å². The van der Waals surface area contributed by atoms with Gasteiger partial charge in [-0.1, -0.05) is 13.0 Å². The lowest BCUT2D eigenvalue weighted by Gasteiger charge is -2.54. The molecule has 1 saturated heterocycles. The smallest absolute Gasteiger partial charge is 0.228 e. The third kappa shape index (κ3) is 2.92. The van der Waals surface area contributed by atoms with Gasteiger partial charge in [-0.05, 0) is 55.7 Å². The summed E-state index contributed by atoms with van der Waals surface area (Å²) in [6.45, 7) is 3.71. The van der Waals surface area contributed by atoms with Gasteiger partial charge in [-0.3, -0.25) is 9.48 Å². The van der Waals surface area contributed by atoms with Gasteiger partial charge in [-0.2, -0.15) is 5.10 Å². The van der Waals surface area contributed by atoms with Crippen LogP contribution in [0.5, 0.6) is 0 Å². The molecule has 2 aliphatic rings. The molecular weight excluding hydrogens is 326 g/mol. The molecule has 1 aromatic carbocycles. The maximum atomic E-state index is 12.4. The van der Waals surface area contributed by atoms with Gasteiger partial charge in [-0.15, -0.1) is 0 Å². The number of aliphatic hydroxyl groups excluding tert-OH is 1. The summed E-state index contributed by atoms with van der Waals surface area (Å²) < 4.78 is 1.92. The summed E-state index contributed by atoms with van der Waals surface area (Å²) in [5.41, 5.74) is 2.95. The molecular formula is C21H29N3O2. The highest BCUT2D eigenvalue weighted by Crippen LogP contribution is 2.48. The van der Waals surface area contributed by atoms with Crippen molar-refractivity contribution in [2.75, 3.05) is 19.7 Å². The van der Waals surface area contributed by atoms with Gasteiger partial charge in [0, 0.05) is 30.9 Å². The van der Waals surface area contributed by atoms with Gasteiger partial charge in [-0.25, -0.2) is 0 Å². The molecule has 26 heavy (non-hydrogen) atoms. The van der Waals surface area contributed by atoms with Crippen molar-refractivity contribution in [3.8, 4) is 0 Å². The molecule has 5 heteroatoms. The third-order valence-corrected chi connectivity index (χ3v) is 6.71. The Balaban J connectivity index is 1.36. The van der Waals surface area contributed by atoms with E-state index in [0.29, 0.717) is 11.3 Å². The van der Waals surface area contributed by atoms with Gasteiger partial charge in [0.25, 0.3) is 0 Å². The van der Waals surface area contributed by atoms with Crippen molar-refractivity contribution >= 4 is 16.8 Å². The number of likely N-dealkylation sites (tertiary alicyclic amines) is 1. The standard InChI is InChI=1S/C21H29N3O2/c1-3-15(12-25)20(26)24-13-21(14-24)8-6-16(7-9-21)17-4-5-19-18(10-17)11-22-23(19)2/h4-5,10-11,15-16,25H,3,6-9,12-14H2,1-2H3/t15-/m1/s1. The number of fused-ring (bicyclic) bond motifs is 1. The first-order chi connectivity index (χ1) is 12.5. The lowest BCUT2D eigenvalue weighted by molar-refractivity contribution is -0.151. The molecule has 4 rings (SSSR count). The summed E-state index contributed by atoms with van der Waals surface area (Å²) in [5, 5.41) is 14.9. The number of aryl methyl sites for hydroxylation is 1. The first-order valence-electron chi connectivity index (χ1n) is 9.86. The fourth-order valence-corrected chi connectivity index (χ4v) is 4.88. The van der Waals surface area contributed by atoms with E-state index in [1.807, 2.05) is 29.7 Å². The highest BCUT2D eigenvalue weighted by Gasteiger charge is 2.47. The fraction of sp³-hybridized carbons (Fsp3) is 0.619. The zero-order valence-corrected chi connectivity index (χ0v) is 15.8. The van der Waals surface area contributed by atoms with Crippen molar-refractivity contribution in [2.24, 2.45) is 18.4 Å². The van der Waals surface area contributed by atoms with E-state index >= 15 is 0 Å². The Bertz CT molecular complexity index is 793. The summed E-state index contributed by atoms with van der Waals surface area (Å²) in [6.07, 6.45) is 7.46. The second-order valence-corrected chi connectivity index (χ2v) is 8.34. The van der Waals surface area contributed by atoms with Gasteiger partial charge in [0.15, 0.2) is 0 Å². The lowest BCUT2D eigenvalue weighted by atomic mass is 9.64. The molecule has 2 fully saturated rings. The largest absolute Gasteiger partial charge is 0.396 e. The molecule has 140 valence electrons. The first-order valence-corrected chi connectivity index (χ1v) is 9.86. The molecule has 1 atom stereocenters. The van der Waals surface area contributed by atoms with E-state index < -0.39 is 0 Å². The first kappa shape index (κ1) is 17.5. The molecule has 1 aromatic heterocycles. The van der Waals surface area contributed by atoms with Crippen molar-refractivity contribution in [1.29, 1.82) is 0 Å². The Morgan fingerprint density at radius 1 is 1.35 bits per heavy atom. The maximum Gasteiger partial charge on any atom is 0.228 e. The summed E-state index contributed by atoms with van der Waals surface area (Å²) in [4.78, 5) is 14.3. The van der Waals surface area contributed by atoms with Crippen molar-refractivity contribution < 1.29 is 9.90 Å². The molecule has 2 heterocycles. The maximum absolute atomic E-state index is 12.4. The number of hydrogen-bond donors (Lipinski definition) is 1. The van der Waals surface area contributed by atoms with Crippen LogP contribution >= 0.6 is 0 Å².